The molecule has 0 spiro atoms. The van der Waals surface area contributed by atoms with E-state index in [1.807, 2.05) is 35.7 Å². The van der Waals surface area contributed by atoms with Gasteiger partial charge in [-0.15, -0.1) is 11.8 Å². The van der Waals surface area contributed by atoms with Crippen LogP contribution in [-0.2, 0) is 11.3 Å². The predicted molar refractivity (Wildman–Crippen MR) is 84.1 cm³/mol. The highest BCUT2D eigenvalue weighted by molar-refractivity contribution is 8.04. The van der Waals surface area contributed by atoms with Crippen molar-refractivity contribution >= 4 is 40.7 Å². The zero-order valence-electron chi connectivity index (χ0n) is 10.8. The van der Waals surface area contributed by atoms with Crippen molar-refractivity contribution in [1.29, 1.82) is 0 Å². The second-order valence-electron chi connectivity index (χ2n) is 4.41. The minimum absolute atomic E-state index is 0.00539. The third-order valence-electron chi connectivity index (χ3n) is 3.17. The summed E-state index contributed by atoms with van der Waals surface area (Å²) in [6.07, 6.45) is 1.85. The number of thiocarbonyl (C=S) groups is 1. The summed E-state index contributed by atoms with van der Waals surface area (Å²) in [5.41, 5.74) is 1.76. The number of aliphatic imine (C=N–C) groups is 1. The van der Waals surface area contributed by atoms with Crippen LogP contribution in [0, 0.1) is 0 Å². The Morgan fingerprint density at radius 2 is 2.15 bits per heavy atom. The Morgan fingerprint density at radius 1 is 1.40 bits per heavy atom. The summed E-state index contributed by atoms with van der Waals surface area (Å²) < 4.78 is 5.12. The number of amides is 1. The molecule has 0 N–H and O–H groups in total. The van der Waals surface area contributed by atoms with Gasteiger partial charge < -0.3 is 4.74 Å². The summed E-state index contributed by atoms with van der Waals surface area (Å²) in [6.45, 7) is 0.440. The van der Waals surface area contributed by atoms with Crippen molar-refractivity contribution in [3.05, 3.63) is 41.3 Å². The normalized spacial score (nSPS) is 20.9. The number of carbonyl (C=O) groups is 1. The molecule has 1 aromatic carbocycles. The molecule has 20 heavy (non-hydrogen) atoms. The van der Waals surface area contributed by atoms with Crippen molar-refractivity contribution in [1.82, 2.24) is 4.90 Å². The highest BCUT2D eigenvalue weighted by atomic mass is 32.2. The lowest BCUT2D eigenvalue weighted by Gasteiger charge is -2.28. The summed E-state index contributed by atoms with van der Waals surface area (Å²) in [5.74, 6) is 0.794. The lowest BCUT2D eigenvalue weighted by Crippen LogP contribution is -2.46. The van der Waals surface area contributed by atoms with Gasteiger partial charge >= 0.3 is 0 Å². The molecule has 0 radical (unpaired) electrons. The van der Waals surface area contributed by atoms with Gasteiger partial charge in [0.15, 0.2) is 0 Å². The molecule has 0 aliphatic carbocycles. The first-order chi connectivity index (χ1) is 9.69. The molecule has 0 saturated heterocycles. The van der Waals surface area contributed by atoms with Crippen LogP contribution in [0.1, 0.15) is 5.56 Å². The van der Waals surface area contributed by atoms with E-state index >= 15 is 0 Å². The van der Waals surface area contributed by atoms with Gasteiger partial charge in [-0.25, -0.2) is 4.99 Å². The first-order valence-electron chi connectivity index (χ1n) is 6.08. The number of hydrogen-bond acceptors (Lipinski definition) is 4. The summed E-state index contributed by atoms with van der Waals surface area (Å²) in [5, 5.41) is 1.99. The summed E-state index contributed by atoms with van der Waals surface area (Å²) in [6, 6.07) is 7.59. The Kier molecular flexibility index (Phi) is 3.58. The summed E-state index contributed by atoms with van der Waals surface area (Å²) in [7, 11) is 1.62. The molecule has 4 nitrogen and oxygen atoms in total. The maximum Gasteiger partial charge on any atom is 0.248 e. The van der Waals surface area contributed by atoms with E-state index in [1.165, 1.54) is 11.8 Å². The van der Waals surface area contributed by atoms with E-state index in [1.54, 1.807) is 12.0 Å². The van der Waals surface area contributed by atoms with Gasteiger partial charge in [0.05, 0.1) is 19.4 Å². The molecule has 0 fully saturated rings. The van der Waals surface area contributed by atoms with E-state index in [2.05, 4.69) is 4.99 Å². The molecule has 1 aromatic rings. The van der Waals surface area contributed by atoms with E-state index in [0.29, 0.717) is 11.7 Å². The van der Waals surface area contributed by atoms with Crippen LogP contribution in [-0.4, -0.2) is 34.0 Å². The molecular formula is C14H12N2O2S2. The van der Waals surface area contributed by atoms with Gasteiger partial charge in [-0.2, -0.15) is 0 Å². The second kappa shape index (κ2) is 5.38. The molecule has 102 valence electrons. The molecular weight excluding hydrogens is 292 g/mol. The average Bonchev–Trinajstić information content (AvgIpc) is 2.92. The van der Waals surface area contributed by atoms with E-state index < -0.39 is 0 Å². The molecule has 0 saturated carbocycles. The molecule has 2 aliphatic rings. The smallest absolute Gasteiger partial charge is 0.248 e. The van der Waals surface area contributed by atoms with Crippen LogP contribution in [0.4, 0.5) is 0 Å². The quantitative estimate of drug-likeness (QED) is 0.804. The number of fused-ring (bicyclic) bond motifs is 1. The molecule has 2 aliphatic heterocycles. The molecule has 2 heterocycles. The average molecular weight is 304 g/mol. The third-order valence-corrected chi connectivity index (χ3v) is 4.49. The van der Waals surface area contributed by atoms with Crippen molar-refractivity contribution < 1.29 is 9.53 Å². The summed E-state index contributed by atoms with van der Waals surface area (Å²) >= 11 is 6.70. The molecule has 1 atom stereocenters. The van der Waals surface area contributed by atoms with E-state index in [0.717, 1.165) is 17.0 Å². The van der Waals surface area contributed by atoms with Crippen molar-refractivity contribution in [3.8, 4) is 5.75 Å². The minimum Gasteiger partial charge on any atom is -0.497 e. The lowest BCUT2D eigenvalue weighted by molar-refractivity contribution is -0.126. The Labute approximate surface area is 126 Å². The zero-order valence-corrected chi connectivity index (χ0v) is 12.4. The highest BCUT2D eigenvalue weighted by Gasteiger charge is 2.36. The Balaban J connectivity index is 1.80. The van der Waals surface area contributed by atoms with Crippen LogP contribution in [0.5, 0.6) is 5.75 Å². The number of ether oxygens (including phenoxy) is 1. The molecule has 0 bridgehead atoms. The largest absolute Gasteiger partial charge is 0.497 e. The molecule has 0 aromatic heterocycles. The van der Waals surface area contributed by atoms with Gasteiger partial charge in [0.1, 0.15) is 11.0 Å². The highest BCUT2D eigenvalue weighted by Crippen LogP contribution is 2.28. The predicted octanol–water partition coefficient (Wildman–Crippen LogP) is 2.39. The Bertz CT molecular complexity index is 623. The van der Waals surface area contributed by atoms with Gasteiger partial charge in [0.2, 0.25) is 11.0 Å². The number of methoxy groups -OCH3 is 1. The van der Waals surface area contributed by atoms with Crippen molar-refractivity contribution in [3.63, 3.8) is 0 Å². The number of benzene rings is 1. The van der Waals surface area contributed by atoms with E-state index in [-0.39, 0.29) is 11.2 Å². The van der Waals surface area contributed by atoms with Crippen LogP contribution in [0.2, 0.25) is 0 Å². The van der Waals surface area contributed by atoms with Crippen LogP contribution < -0.4 is 4.74 Å². The fraction of sp³-hybridized carbons (Fsp3) is 0.214. The number of nitrogens with zero attached hydrogens (tertiary/aromatic N) is 2. The topological polar surface area (TPSA) is 41.9 Å². The van der Waals surface area contributed by atoms with Gasteiger partial charge in [-0.1, -0.05) is 12.1 Å². The number of allylic oxidation sites excluding steroid dienone is 1. The van der Waals surface area contributed by atoms with Crippen molar-refractivity contribution in [2.75, 3.05) is 7.11 Å². The molecule has 1 unspecified atom stereocenters. The Morgan fingerprint density at radius 3 is 2.85 bits per heavy atom. The Hall–Kier alpha value is -1.66. The molecule has 6 heteroatoms. The van der Waals surface area contributed by atoms with Crippen molar-refractivity contribution in [2.45, 2.75) is 11.8 Å². The van der Waals surface area contributed by atoms with Crippen molar-refractivity contribution in [2.24, 2.45) is 4.99 Å². The maximum absolute atomic E-state index is 12.4. The van der Waals surface area contributed by atoms with Crippen LogP contribution >= 0.6 is 24.0 Å². The van der Waals surface area contributed by atoms with E-state index in [4.69, 9.17) is 17.0 Å². The monoisotopic (exact) mass is 304 g/mol. The fourth-order valence-electron chi connectivity index (χ4n) is 2.09. The van der Waals surface area contributed by atoms with Gasteiger partial charge in [-0.05, 0) is 41.4 Å². The summed E-state index contributed by atoms with van der Waals surface area (Å²) in [4.78, 5) is 18.3. The van der Waals surface area contributed by atoms with Gasteiger partial charge in [0.25, 0.3) is 0 Å². The number of carbonyl (C=O) groups excluding carboxylic acids is 1. The first-order valence-corrected chi connectivity index (χ1v) is 7.43. The van der Waals surface area contributed by atoms with Crippen LogP contribution in [0.3, 0.4) is 0 Å². The fourth-order valence-corrected chi connectivity index (χ4v) is 3.24. The molecule has 1 amide bonds. The van der Waals surface area contributed by atoms with E-state index in [9.17, 15) is 4.79 Å². The van der Waals surface area contributed by atoms with Crippen LogP contribution in [0.25, 0.3) is 0 Å². The van der Waals surface area contributed by atoms with Gasteiger partial charge in [0, 0.05) is 0 Å². The standard InChI is InChI=1S/C14H12N2O2S2/c1-18-10-4-2-9(3-5-10)8-16-13(17)12-11(6-7-20-12)15-14(16)19/h2-7,12H,8H2,1H3. The van der Waals surface area contributed by atoms with Gasteiger partial charge in [-0.3, -0.25) is 9.69 Å². The maximum atomic E-state index is 12.4. The number of thioether (sulfide) groups is 1. The SMILES string of the molecule is COc1ccc(CN2C(=O)C3SC=CC3=NC2=S)cc1. The second-order valence-corrected chi connectivity index (χ2v) is 5.79. The number of rotatable bonds is 3. The number of hydrogen-bond donors (Lipinski definition) is 0. The lowest BCUT2D eigenvalue weighted by atomic mass is 10.1. The third kappa shape index (κ3) is 2.36. The zero-order chi connectivity index (χ0) is 14.1. The first kappa shape index (κ1) is 13.3. The minimum atomic E-state index is -0.236. The van der Waals surface area contributed by atoms with Crippen LogP contribution in [0.15, 0.2) is 40.7 Å². The molecule has 3 rings (SSSR count).